The molecule has 0 aliphatic rings. The van der Waals surface area contributed by atoms with Gasteiger partial charge in [-0.15, -0.1) is 0 Å². The van der Waals surface area contributed by atoms with Crippen LogP contribution in [0.5, 0.6) is 0 Å². The minimum atomic E-state index is -0.144. The number of hydrogen-bond donors (Lipinski definition) is 1. The fourth-order valence-electron chi connectivity index (χ4n) is 2.24. The summed E-state index contributed by atoms with van der Waals surface area (Å²) in [6.45, 7) is 4.64. The Kier molecular flexibility index (Phi) is 8.43. The lowest BCUT2D eigenvalue weighted by atomic mass is 9.93. The normalized spacial score (nSPS) is 12.6. The van der Waals surface area contributed by atoms with E-state index in [0.29, 0.717) is 12.5 Å². The van der Waals surface area contributed by atoms with Gasteiger partial charge < -0.3 is 10.1 Å². The van der Waals surface area contributed by atoms with Gasteiger partial charge in [0.1, 0.15) is 5.82 Å². The average molecular weight is 267 g/mol. The number of unbranched alkanes of at least 4 members (excludes halogenated alkanes) is 2. The van der Waals surface area contributed by atoms with Crippen LogP contribution >= 0.6 is 0 Å². The molecular weight excluding hydrogens is 241 g/mol. The van der Waals surface area contributed by atoms with E-state index in [2.05, 4.69) is 12.2 Å². The number of ether oxygens (including phenoxy) is 1. The molecular formula is C16H26FNO. The lowest BCUT2D eigenvalue weighted by molar-refractivity contribution is 0.198. The van der Waals surface area contributed by atoms with E-state index in [1.165, 1.54) is 25.3 Å². The molecule has 0 saturated carbocycles. The Morgan fingerprint density at radius 1 is 1.32 bits per heavy atom. The molecule has 1 aromatic rings. The zero-order valence-corrected chi connectivity index (χ0v) is 12.1. The molecule has 0 bridgehead atoms. The Bertz CT molecular complexity index is 343. The summed E-state index contributed by atoms with van der Waals surface area (Å²) in [5, 5.41) is 3.38. The quantitative estimate of drug-likeness (QED) is 0.652. The van der Waals surface area contributed by atoms with Gasteiger partial charge in [0.05, 0.1) is 6.61 Å². The van der Waals surface area contributed by atoms with E-state index >= 15 is 0 Å². The van der Waals surface area contributed by atoms with Crippen LogP contribution in [0.3, 0.4) is 0 Å². The Morgan fingerprint density at radius 2 is 2.16 bits per heavy atom. The molecule has 0 spiro atoms. The van der Waals surface area contributed by atoms with E-state index in [1.807, 2.05) is 6.07 Å². The van der Waals surface area contributed by atoms with E-state index in [4.69, 9.17) is 4.74 Å². The van der Waals surface area contributed by atoms with Crippen molar-refractivity contribution < 1.29 is 9.13 Å². The average Bonchev–Trinajstić information content (AvgIpc) is 2.41. The van der Waals surface area contributed by atoms with Crippen molar-refractivity contribution in [1.82, 2.24) is 5.32 Å². The van der Waals surface area contributed by atoms with Crippen molar-refractivity contribution in [2.45, 2.75) is 38.5 Å². The van der Waals surface area contributed by atoms with Crippen molar-refractivity contribution >= 4 is 0 Å². The van der Waals surface area contributed by atoms with Gasteiger partial charge in [0.15, 0.2) is 0 Å². The Labute approximate surface area is 116 Å². The van der Waals surface area contributed by atoms with E-state index in [0.717, 1.165) is 25.1 Å². The van der Waals surface area contributed by atoms with Crippen molar-refractivity contribution in [3.63, 3.8) is 0 Å². The largest absolute Gasteiger partial charge is 0.383 e. The molecule has 0 aromatic heterocycles. The minimum Gasteiger partial charge on any atom is -0.383 e. The summed E-state index contributed by atoms with van der Waals surface area (Å²) in [6, 6.07) is 6.99. The SMILES string of the molecule is CCCCCC(CNCCOC)c1cccc(F)c1. The van der Waals surface area contributed by atoms with Gasteiger partial charge >= 0.3 is 0 Å². The van der Waals surface area contributed by atoms with Gasteiger partial charge in [0.2, 0.25) is 0 Å². The molecule has 1 N–H and O–H groups in total. The van der Waals surface area contributed by atoms with Crippen LogP contribution in [0.1, 0.15) is 44.1 Å². The molecule has 1 unspecified atom stereocenters. The van der Waals surface area contributed by atoms with Crippen molar-refractivity contribution in [2.75, 3.05) is 26.8 Å². The monoisotopic (exact) mass is 267 g/mol. The molecule has 0 fully saturated rings. The number of nitrogens with one attached hydrogen (secondary N) is 1. The van der Waals surface area contributed by atoms with Gasteiger partial charge in [-0.1, -0.05) is 38.3 Å². The van der Waals surface area contributed by atoms with Crippen LogP contribution in [0.2, 0.25) is 0 Å². The molecule has 2 nitrogen and oxygen atoms in total. The minimum absolute atomic E-state index is 0.144. The summed E-state index contributed by atoms with van der Waals surface area (Å²) in [5.74, 6) is 0.244. The summed E-state index contributed by atoms with van der Waals surface area (Å²) in [7, 11) is 1.70. The fraction of sp³-hybridized carbons (Fsp3) is 0.625. The van der Waals surface area contributed by atoms with E-state index in [1.54, 1.807) is 19.2 Å². The van der Waals surface area contributed by atoms with Crippen LogP contribution in [0.15, 0.2) is 24.3 Å². The molecule has 19 heavy (non-hydrogen) atoms. The maximum Gasteiger partial charge on any atom is 0.123 e. The lowest BCUT2D eigenvalue weighted by Crippen LogP contribution is -2.25. The molecule has 0 aliphatic heterocycles. The van der Waals surface area contributed by atoms with Gasteiger partial charge in [-0.2, -0.15) is 0 Å². The Hall–Kier alpha value is -0.930. The topological polar surface area (TPSA) is 21.3 Å². The van der Waals surface area contributed by atoms with Crippen LogP contribution in [-0.4, -0.2) is 26.8 Å². The molecule has 0 heterocycles. The highest BCUT2D eigenvalue weighted by molar-refractivity contribution is 5.21. The highest BCUT2D eigenvalue weighted by Gasteiger charge is 2.11. The maximum absolute atomic E-state index is 13.3. The van der Waals surface area contributed by atoms with Crippen molar-refractivity contribution in [2.24, 2.45) is 0 Å². The number of methoxy groups -OCH3 is 1. The zero-order valence-electron chi connectivity index (χ0n) is 12.1. The first-order valence-corrected chi connectivity index (χ1v) is 7.23. The maximum atomic E-state index is 13.3. The molecule has 3 heteroatoms. The van der Waals surface area contributed by atoms with Crippen LogP contribution in [-0.2, 0) is 4.74 Å². The second kappa shape index (κ2) is 9.93. The Morgan fingerprint density at radius 3 is 2.84 bits per heavy atom. The summed E-state index contributed by atoms with van der Waals surface area (Å²) in [6.07, 6.45) is 4.76. The smallest absolute Gasteiger partial charge is 0.123 e. The first-order chi connectivity index (χ1) is 9.27. The third kappa shape index (κ3) is 6.69. The van der Waals surface area contributed by atoms with Gasteiger partial charge in [-0.3, -0.25) is 0 Å². The van der Waals surface area contributed by atoms with Gasteiger partial charge in [-0.05, 0) is 30.0 Å². The molecule has 0 amide bonds. The van der Waals surface area contributed by atoms with E-state index in [-0.39, 0.29) is 5.82 Å². The lowest BCUT2D eigenvalue weighted by Gasteiger charge is -2.18. The summed E-state index contributed by atoms with van der Waals surface area (Å²) in [4.78, 5) is 0. The molecule has 0 saturated heterocycles. The van der Waals surface area contributed by atoms with Crippen molar-refractivity contribution in [1.29, 1.82) is 0 Å². The van der Waals surface area contributed by atoms with E-state index < -0.39 is 0 Å². The fourth-order valence-corrected chi connectivity index (χ4v) is 2.24. The standard InChI is InChI=1S/C16H26FNO/c1-3-4-5-7-15(13-18-10-11-19-2)14-8-6-9-16(17)12-14/h6,8-9,12,15,18H,3-5,7,10-11,13H2,1-2H3. The first kappa shape index (κ1) is 16.1. The molecule has 0 aliphatic carbocycles. The predicted octanol–water partition coefficient (Wildman–Crippen LogP) is 3.73. The first-order valence-electron chi connectivity index (χ1n) is 7.23. The van der Waals surface area contributed by atoms with Crippen LogP contribution in [0, 0.1) is 5.82 Å². The predicted molar refractivity (Wildman–Crippen MR) is 78.0 cm³/mol. The summed E-state index contributed by atoms with van der Waals surface area (Å²) < 4.78 is 18.3. The molecule has 108 valence electrons. The highest BCUT2D eigenvalue weighted by Crippen LogP contribution is 2.22. The van der Waals surface area contributed by atoms with Gasteiger partial charge in [0, 0.05) is 20.2 Å². The van der Waals surface area contributed by atoms with Crippen molar-refractivity contribution in [3.8, 4) is 0 Å². The number of benzene rings is 1. The molecule has 1 aromatic carbocycles. The van der Waals surface area contributed by atoms with Crippen molar-refractivity contribution in [3.05, 3.63) is 35.6 Å². The summed E-state index contributed by atoms with van der Waals surface area (Å²) >= 11 is 0. The number of hydrogen-bond acceptors (Lipinski definition) is 2. The highest BCUT2D eigenvalue weighted by atomic mass is 19.1. The third-order valence-electron chi connectivity index (χ3n) is 3.35. The van der Waals surface area contributed by atoms with E-state index in [9.17, 15) is 4.39 Å². The Balaban J connectivity index is 2.52. The second-order valence-electron chi connectivity index (χ2n) is 4.94. The van der Waals surface area contributed by atoms with Gasteiger partial charge in [-0.25, -0.2) is 4.39 Å². The number of halogens is 1. The zero-order chi connectivity index (χ0) is 13.9. The molecule has 1 rings (SSSR count). The van der Waals surface area contributed by atoms with Crippen LogP contribution in [0.25, 0.3) is 0 Å². The second-order valence-corrected chi connectivity index (χ2v) is 4.94. The van der Waals surface area contributed by atoms with Crippen LogP contribution < -0.4 is 5.32 Å². The number of rotatable bonds is 10. The summed E-state index contributed by atoms with van der Waals surface area (Å²) in [5.41, 5.74) is 1.10. The van der Waals surface area contributed by atoms with Gasteiger partial charge in [0.25, 0.3) is 0 Å². The third-order valence-corrected chi connectivity index (χ3v) is 3.35. The molecule has 1 atom stereocenters. The molecule has 0 radical (unpaired) electrons. The van der Waals surface area contributed by atoms with Crippen LogP contribution in [0.4, 0.5) is 4.39 Å².